The number of hydrogen-bond acceptors (Lipinski definition) is 5. The molecule has 1 amide bonds. The molecule has 2 fully saturated rings. The SMILES string of the molecule is Cc1cccc(CN2CC[C@@H]3[C@@H]2CCN3C(=O)c2cnccn2)n1. The number of hydrogen-bond donors (Lipinski definition) is 0. The first-order chi connectivity index (χ1) is 11.7. The first kappa shape index (κ1) is 15.2. The van der Waals surface area contributed by atoms with Crippen molar-refractivity contribution in [2.45, 2.75) is 38.4 Å². The molecule has 0 unspecified atom stereocenters. The summed E-state index contributed by atoms with van der Waals surface area (Å²) in [5, 5.41) is 0. The molecule has 4 rings (SSSR count). The lowest BCUT2D eigenvalue weighted by atomic mass is 10.1. The Morgan fingerprint density at radius 3 is 2.88 bits per heavy atom. The molecule has 2 aliphatic rings. The van der Waals surface area contributed by atoms with E-state index in [0.29, 0.717) is 11.7 Å². The number of pyridine rings is 1. The third-order valence-electron chi connectivity index (χ3n) is 5.05. The molecule has 124 valence electrons. The van der Waals surface area contributed by atoms with Gasteiger partial charge >= 0.3 is 0 Å². The van der Waals surface area contributed by atoms with E-state index < -0.39 is 0 Å². The van der Waals surface area contributed by atoms with Crippen LogP contribution in [0, 0.1) is 6.92 Å². The fourth-order valence-corrected chi connectivity index (χ4v) is 3.98. The predicted molar refractivity (Wildman–Crippen MR) is 89.3 cm³/mol. The Hall–Kier alpha value is -2.34. The number of rotatable bonds is 3. The monoisotopic (exact) mass is 323 g/mol. The molecule has 0 saturated carbocycles. The van der Waals surface area contributed by atoms with Crippen LogP contribution in [0.25, 0.3) is 0 Å². The Bertz CT molecular complexity index is 735. The van der Waals surface area contributed by atoms with Crippen molar-refractivity contribution >= 4 is 5.91 Å². The van der Waals surface area contributed by atoms with E-state index in [2.05, 4.69) is 32.0 Å². The summed E-state index contributed by atoms with van der Waals surface area (Å²) >= 11 is 0. The summed E-state index contributed by atoms with van der Waals surface area (Å²) in [7, 11) is 0. The van der Waals surface area contributed by atoms with E-state index in [-0.39, 0.29) is 11.9 Å². The number of nitrogens with zero attached hydrogens (tertiary/aromatic N) is 5. The van der Waals surface area contributed by atoms with Gasteiger partial charge < -0.3 is 4.90 Å². The summed E-state index contributed by atoms with van der Waals surface area (Å²) in [6.45, 7) is 4.68. The molecular weight excluding hydrogens is 302 g/mol. The second kappa shape index (κ2) is 6.28. The standard InChI is InChI=1S/C18H21N5O/c1-13-3-2-4-14(21-13)12-22-9-5-17-16(22)6-10-23(17)18(24)15-11-19-7-8-20-15/h2-4,7-8,11,16-17H,5-6,9-10,12H2,1H3/t16-,17+/m0/s1. The van der Waals surface area contributed by atoms with E-state index in [4.69, 9.17) is 0 Å². The number of likely N-dealkylation sites (tertiary alicyclic amines) is 2. The molecule has 0 radical (unpaired) electrons. The average molecular weight is 323 g/mol. The molecule has 6 heteroatoms. The van der Waals surface area contributed by atoms with Crippen molar-refractivity contribution in [3.8, 4) is 0 Å². The van der Waals surface area contributed by atoms with Gasteiger partial charge in [-0.3, -0.25) is 19.7 Å². The summed E-state index contributed by atoms with van der Waals surface area (Å²) in [6, 6.07) is 6.87. The van der Waals surface area contributed by atoms with Gasteiger partial charge in [-0.25, -0.2) is 4.98 Å². The minimum atomic E-state index is 0.00568. The number of amides is 1. The van der Waals surface area contributed by atoms with Crippen LogP contribution >= 0.6 is 0 Å². The van der Waals surface area contributed by atoms with Crippen LogP contribution < -0.4 is 0 Å². The Kier molecular flexibility index (Phi) is 3.98. The van der Waals surface area contributed by atoms with Gasteiger partial charge in [0.05, 0.1) is 11.9 Å². The fourth-order valence-electron chi connectivity index (χ4n) is 3.98. The molecular formula is C18H21N5O. The van der Waals surface area contributed by atoms with Gasteiger partial charge in [-0.2, -0.15) is 0 Å². The Morgan fingerprint density at radius 1 is 1.21 bits per heavy atom. The molecule has 0 aromatic carbocycles. The van der Waals surface area contributed by atoms with E-state index in [1.807, 2.05) is 17.9 Å². The molecule has 2 aromatic heterocycles. The quantitative estimate of drug-likeness (QED) is 0.860. The van der Waals surface area contributed by atoms with Crippen molar-refractivity contribution in [2.75, 3.05) is 13.1 Å². The van der Waals surface area contributed by atoms with Crippen molar-refractivity contribution in [1.29, 1.82) is 0 Å². The third kappa shape index (κ3) is 2.78. The topological polar surface area (TPSA) is 62.2 Å². The fraction of sp³-hybridized carbons (Fsp3) is 0.444. The van der Waals surface area contributed by atoms with Crippen LogP contribution in [0.5, 0.6) is 0 Å². The maximum Gasteiger partial charge on any atom is 0.274 e. The van der Waals surface area contributed by atoms with Crippen LogP contribution in [0.4, 0.5) is 0 Å². The molecule has 0 bridgehead atoms. The van der Waals surface area contributed by atoms with Crippen molar-refractivity contribution in [2.24, 2.45) is 0 Å². The lowest BCUT2D eigenvalue weighted by Crippen LogP contribution is -2.40. The van der Waals surface area contributed by atoms with E-state index in [0.717, 1.165) is 43.9 Å². The summed E-state index contributed by atoms with van der Waals surface area (Å²) in [5.41, 5.74) is 2.60. The van der Waals surface area contributed by atoms with E-state index in [9.17, 15) is 4.79 Å². The smallest absolute Gasteiger partial charge is 0.274 e. The summed E-state index contributed by atoms with van der Waals surface area (Å²) in [6.07, 6.45) is 6.75. The zero-order valence-corrected chi connectivity index (χ0v) is 13.8. The highest BCUT2D eigenvalue weighted by atomic mass is 16.2. The van der Waals surface area contributed by atoms with Crippen molar-refractivity contribution in [1.82, 2.24) is 24.8 Å². The Morgan fingerprint density at radius 2 is 2.08 bits per heavy atom. The second-order valence-corrected chi connectivity index (χ2v) is 6.54. The highest BCUT2D eigenvalue weighted by Gasteiger charge is 2.44. The van der Waals surface area contributed by atoms with Gasteiger partial charge in [0.15, 0.2) is 0 Å². The number of carbonyl (C=O) groups excluding carboxylic acids is 1. The number of carbonyl (C=O) groups is 1. The van der Waals surface area contributed by atoms with Crippen LogP contribution in [0.1, 0.15) is 34.7 Å². The van der Waals surface area contributed by atoms with Crippen molar-refractivity contribution in [3.63, 3.8) is 0 Å². The Labute approximate surface area is 141 Å². The van der Waals surface area contributed by atoms with Gasteiger partial charge in [0.25, 0.3) is 5.91 Å². The van der Waals surface area contributed by atoms with E-state index in [1.54, 1.807) is 18.6 Å². The molecule has 2 aromatic rings. The lowest BCUT2D eigenvalue weighted by Gasteiger charge is -2.25. The molecule has 0 N–H and O–H groups in total. The molecule has 24 heavy (non-hydrogen) atoms. The number of aryl methyl sites for hydroxylation is 1. The lowest BCUT2D eigenvalue weighted by molar-refractivity contribution is 0.0725. The van der Waals surface area contributed by atoms with Crippen molar-refractivity contribution in [3.05, 3.63) is 53.9 Å². The zero-order chi connectivity index (χ0) is 16.5. The van der Waals surface area contributed by atoms with Crippen LogP contribution in [0.2, 0.25) is 0 Å². The molecule has 0 aliphatic carbocycles. The molecule has 2 aliphatic heterocycles. The highest BCUT2D eigenvalue weighted by molar-refractivity contribution is 5.92. The molecule has 0 spiro atoms. The maximum absolute atomic E-state index is 12.7. The highest BCUT2D eigenvalue weighted by Crippen LogP contribution is 2.33. The third-order valence-corrected chi connectivity index (χ3v) is 5.05. The largest absolute Gasteiger partial charge is 0.333 e. The Balaban J connectivity index is 1.46. The van der Waals surface area contributed by atoms with Gasteiger partial charge in [0, 0.05) is 49.8 Å². The molecule has 6 nitrogen and oxygen atoms in total. The molecule has 2 saturated heterocycles. The summed E-state index contributed by atoms with van der Waals surface area (Å²) in [4.78, 5) is 29.9. The molecule has 4 heterocycles. The summed E-state index contributed by atoms with van der Waals surface area (Å²) < 4.78 is 0. The zero-order valence-electron chi connectivity index (χ0n) is 13.8. The number of fused-ring (bicyclic) bond motifs is 1. The predicted octanol–water partition coefficient (Wildman–Crippen LogP) is 1.67. The van der Waals surface area contributed by atoms with E-state index in [1.165, 1.54) is 0 Å². The second-order valence-electron chi connectivity index (χ2n) is 6.54. The van der Waals surface area contributed by atoms with Crippen LogP contribution in [-0.2, 0) is 6.54 Å². The average Bonchev–Trinajstić information content (AvgIpc) is 3.18. The normalized spacial score (nSPS) is 23.5. The van der Waals surface area contributed by atoms with Gasteiger partial charge in [-0.05, 0) is 31.9 Å². The van der Waals surface area contributed by atoms with Crippen LogP contribution in [0.3, 0.4) is 0 Å². The first-order valence-corrected chi connectivity index (χ1v) is 8.46. The summed E-state index contributed by atoms with van der Waals surface area (Å²) in [5.74, 6) is 0.00568. The van der Waals surface area contributed by atoms with Gasteiger partial charge in [-0.15, -0.1) is 0 Å². The first-order valence-electron chi connectivity index (χ1n) is 8.46. The maximum atomic E-state index is 12.7. The van der Waals surface area contributed by atoms with Gasteiger partial charge in [0.1, 0.15) is 5.69 Å². The molecule has 2 atom stereocenters. The van der Waals surface area contributed by atoms with Gasteiger partial charge in [0.2, 0.25) is 0 Å². The van der Waals surface area contributed by atoms with Crippen LogP contribution in [0.15, 0.2) is 36.8 Å². The van der Waals surface area contributed by atoms with Crippen molar-refractivity contribution < 1.29 is 4.79 Å². The van der Waals surface area contributed by atoms with Gasteiger partial charge in [-0.1, -0.05) is 6.07 Å². The minimum Gasteiger partial charge on any atom is -0.333 e. The minimum absolute atomic E-state index is 0.00568. The number of aromatic nitrogens is 3. The van der Waals surface area contributed by atoms with Crippen LogP contribution in [-0.4, -0.2) is 55.8 Å². The van der Waals surface area contributed by atoms with E-state index >= 15 is 0 Å².